The predicted molar refractivity (Wildman–Crippen MR) is 94.7 cm³/mol. The predicted octanol–water partition coefficient (Wildman–Crippen LogP) is 1.06. The van der Waals surface area contributed by atoms with Gasteiger partial charge in [-0.05, 0) is 31.3 Å². The third kappa shape index (κ3) is 3.95. The molecule has 1 saturated heterocycles. The van der Waals surface area contributed by atoms with Crippen LogP contribution in [0.1, 0.15) is 0 Å². The van der Waals surface area contributed by atoms with E-state index in [0.29, 0.717) is 31.9 Å². The molecule has 3 rings (SSSR count). The minimum Gasteiger partial charge on any atom is -0.324 e. The van der Waals surface area contributed by atoms with Gasteiger partial charge < -0.3 is 10.2 Å². The van der Waals surface area contributed by atoms with E-state index in [9.17, 15) is 18.5 Å². The summed E-state index contributed by atoms with van der Waals surface area (Å²) in [5, 5.41) is 13.5. The van der Waals surface area contributed by atoms with Gasteiger partial charge in [0.05, 0.1) is 9.82 Å². The molecule has 11 heteroatoms. The molecule has 0 saturated carbocycles. The molecule has 0 atom stereocenters. The van der Waals surface area contributed by atoms with Crippen molar-refractivity contribution in [3.05, 3.63) is 46.8 Å². The van der Waals surface area contributed by atoms with Crippen molar-refractivity contribution in [1.29, 1.82) is 0 Å². The number of aromatic nitrogens is 2. The zero-order chi connectivity index (χ0) is 18.7. The molecule has 0 radical (unpaired) electrons. The first-order valence-corrected chi connectivity index (χ1v) is 9.32. The standard InChI is InChI=1S/C15H18N6O4S/c1-19-6-8-20(9-7-19)26(24,25)14-4-2-12(3-5-14)18-15-16-10-13(11-17-15)21(22)23/h2-5,10-11H,6-9H2,1H3,(H,16,17,18). The Morgan fingerprint density at radius 2 is 1.65 bits per heavy atom. The van der Waals surface area contributed by atoms with Crippen molar-refractivity contribution in [1.82, 2.24) is 19.2 Å². The van der Waals surface area contributed by atoms with Gasteiger partial charge in [0.1, 0.15) is 12.4 Å². The van der Waals surface area contributed by atoms with Crippen LogP contribution in [0.15, 0.2) is 41.6 Å². The van der Waals surface area contributed by atoms with E-state index in [0.717, 1.165) is 12.4 Å². The van der Waals surface area contributed by atoms with Crippen molar-refractivity contribution in [3.8, 4) is 0 Å². The second kappa shape index (κ2) is 7.32. The van der Waals surface area contributed by atoms with Gasteiger partial charge in [-0.25, -0.2) is 18.4 Å². The van der Waals surface area contributed by atoms with Gasteiger partial charge in [0.25, 0.3) is 0 Å². The Labute approximate surface area is 150 Å². The first-order chi connectivity index (χ1) is 12.4. The largest absolute Gasteiger partial charge is 0.324 e. The average molecular weight is 378 g/mol. The Balaban J connectivity index is 1.70. The molecule has 0 aliphatic carbocycles. The zero-order valence-corrected chi connectivity index (χ0v) is 14.9. The number of nitro groups is 1. The van der Waals surface area contributed by atoms with Gasteiger partial charge >= 0.3 is 5.69 Å². The zero-order valence-electron chi connectivity index (χ0n) is 14.1. The first kappa shape index (κ1) is 18.2. The quantitative estimate of drug-likeness (QED) is 0.605. The summed E-state index contributed by atoms with van der Waals surface area (Å²) in [4.78, 5) is 20.0. The van der Waals surface area contributed by atoms with E-state index in [2.05, 4.69) is 20.2 Å². The van der Waals surface area contributed by atoms with Crippen LogP contribution in [0.5, 0.6) is 0 Å². The molecule has 2 heterocycles. The number of hydrogen-bond donors (Lipinski definition) is 1. The minimum atomic E-state index is -3.52. The van der Waals surface area contributed by atoms with Gasteiger partial charge in [0, 0.05) is 31.9 Å². The van der Waals surface area contributed by atoms with E-state index in [4.69, 9.17) is 0 Å². The maximum atomic E-state index is 12.7. The molecule has 1 N–H and O–H groups in total. The van der Waals surface area contributed by atoms with Crippen LogP contribution < -0.4 is 5.32 Å². The van der Waals surface area contributed by atoms with Crippen LogP contribution in [0.25, 0.3) is 0 Å². The molecule has 1 aromatic heterocycles. The Morgan fingerprint density at radius 3 is 2.19 bits per heavy atom. The van der Waals surface area contributed by atoms with Crippen molar-refractivity contribution in [2.75, 3.05) is 38.5 Å². The van der Waals surface area contributed by atoms with Crippen LogP contribution in [0.4, 0.5) is 17.3 Å². The van der Waals surface area contributed by atoms with E-state index >= 15 is 0 Å². The molecule has 1 aromatic carbocycles. The SMILES string of the molecule is CN1CCN(S(=O)(=O)c2ccc(Nc3ncc([N+](=O)[O-])cn3)cc2)CC1. The van der Waals surface area contributed by atoms with Crippen molar-refractivity contribution in [2.45, 2.75) is 4.90 Å². The van der Waals surface area contributed by atoms with E-state index in [1.54, 1.807) is 12.1 Å². The lowest BCUT2D eigenvalue weighted by Gasteiger charge is -2.31. The summed E-state index contributed by atoms with van der Waals surface area (Å²) in [5.41, 5.74) is 0.375. The van der Waals surface area contributed by atoms with Crippen molar-refractivity contribution >= 4 is 27.3 Å². The summed E-state index contributed by atoms with van der Waals surface area (Å²) in [5.74, 6) is 0.185. The number of nitrogens with one attached hydrogen (secondary N) is 1. The lowest BCUT2D eigenvalue weighted by atomic mass is 10.3. The number of rotatable bonds is 5. The van der Waals surface area contributed by atoms with Crippen LogP contribution in [0.3, 0.4) is 0 Å². The van der Waals surface area contributed by atoms with Gasteiger partial charge in [0.15, 0.2) is 0 Å². The van der Waals surface area contributed by atoms with E-state index in [-0.39, 0.29) is 16.5 Å². The molecule has 0 amide bonds. The molecule has 0 bridgehead atoms. The number of hydrogen-bond acceptors (Lipinski definition) is 8. The molecular weight excluding hydrogens is 360 g/mol. The molecule has 0 spiro atoms. The van der Waals surface area contributed by atoms with E-state index in [1.165, 1.54) is 16.4 Å². The lowest BCUT2D eigenvalue weighted by Crippen LogP contribution is -2.46. The number of piperazine rings is 1. The van der Waals surface area contributed by atoms with Crippen LogP contribution in [-0.2, 0) is 10.0 Å². The van der Waals surface area contributed by atoms with Crippen LogP contribution in [-0.4, -0.2) is 65.7 Å². The molecule has 1 aliphatic rings. The molecular formula is C15H18N6O4S. The maximum Gasteiger partial charge on any atom is 0.305 e. The highest BCUT2D eigenvalue weighted by Crippen LogP contribution is 2.21. The fourth-order valence-electron chi connectivity index (χ4n) is 2.50. The number of sulfonamides is 1. The first-order valence-electron chi connectivity index (χ1n) is 7.88. The molecule has 0 unspecified atom stereocenters. The van der Waals surface area contributed by atoms with Gasteiger partial charge in [0.2, 0.25) is 16.0 Å². The average Bonchev–Trinajstić information content (AvgIpc) is 2.63. The molecule has 1 aliphatic heterocycles. The molecule has 10 nitrogen and oxygen atoms in total. The Kier molecular flexibility index (Phi) is 5.11. The van der Waals surface area contributed by atoms with Crippen molar-refractivity contribution in [2.24, 2.45) is 0 Å². The van der Waals surface area contributed by atoms with Crippen LogP contribution in [0, 0.1) is 10.1 Å². The minimum absolute atomic E-state index is 0.185. The highest BCUT2D eigenvalue weighted by molar-refractivity contribution is 7.89. The second-order valence-electron chi connectivity index (χ2n) is 5.88. The molecule has 138 valence electrons. The topological polar surface area (TPSA) is 122 Å². The summed E-state index contributed by atoms with van der Waals surface area (Å²) < 4.78 is 26.8. The maximum absolute atomic E-state index is 12.7. The molecule has 2 aromatic rings. The monoisotopic (exact) mass is 378 g/mol. The smallest absolute Gasteiger partial charge is 0.305 e. The number of benzene rings is 1. The summed E-state index contributed by atoms with van der Waals surface area (Å²) in [6.45, 7) is 2.34. The van der Waals surface area contributed by atoms with E-state index < -0.39 is 14.9 Å². The number of likely N-dealkylation sites (N-methyl/N-ethyl adjacent to an activating group) is 1. The highest BCUT2D eigenvalue weighted by Gasteiger charge is 2.27. The van der Waals surface area contributed by atoms with Crippen molar-refractivity contribution in [3.63, 3.8) is 0 Å². The van der Waals surface area contributed by atoms with Gasteiger partial charge in [-0.15, -0.1) is 0 Å². The highest BCUT2D eigenvalue weighted by atomic mass is 32.2. The van der Waals surface area contributed by atoms with Crippen LogP contribution in [0.2, 0.25) is 0 Å². The lowest BCUT2D eigenvalue weighted by molar-refractivity contribution is -0.385. The van der Waals surface area contributed by atoms with E-state index in [1.807, 2.05) is 7.05 Å². The Hall–Kier alpha value is -2.63. The summed E-state index contributed by atoms with van der Waals surface area (Å²) in [7, 11) is -1.55. The Bertz CT molecular complexity index is 877. The number of nitrogens with zero attached hydrogens (tertiary/aromatic N) is 5. The summed E-state index contributed by atoms with van der Waals surface area (Å²) in [6, 6.07) is 6.24. The summed E-state index contributed by atoms with van der Waals surface area (Å²) in [6.07, 6.45) is 2.20. The third-order valence-electron chi connectivity index (χ3n) is 4.06. The van der Waals surface area contributed by atoms with Crippen LogP contribution >= 0.6 is 0 Å². The molecule has 1 fully saturated rings. The fourth-order valence-corrected chi connectivity index (χ4v) is 3.92. The third-order valence-corrected chi connectivity index (χ3v) is 5.97. The normalized spacial score (nSPS) is 16.3. The van der Waals surface area contributed by atoms with Crippen molar-refractivity contribution < 1.29 is 13.3 Å². The molecule has 26 heavy (non-hydrogen) atoms. The number of anilines is 2. The van der Waals surface area contributed by atoms with Gasteiger partial charge in [-0.3, -0.25) is 10.1 Å². The summed E-state index contributed by atoms with van der Waals surface area (Å²) >= 11 is 0. The fraction of sp³-hybridized carbons (Fsp3) is 0.333. The van der Waals surface area contributed by atoms with Gasteiger partial charge in [-0.2, -0.15) is 4.31 Å². The Morgan fingerprint density at radius 1 is 1.08 bits per heavy atom. The van der Waals surface area contributed by atoms with Gasteiger partial charge in [-0.1, -0.05) is 0 Å². The second-order valence-corrected chi connectivity index (χ2v) is 7.82.